The molecule has 0 aliphatic carbocycles. The zero-order chi connectivity index (χ0) is 20.3. The van der Waals surface area contributed by atoms with Crippen LogP contribution in [0.2, 0.25) is 0 Å². The molecule has 0 saturated carbocycles. The summed E-state index contributed by atoms with van der Waals surface area (Å²) in [5.74, 6) is 1.35. The predicted molar refractivity (Wildman–Crippen MR) is 115 cm³/mol. The van der Waals surface area contributed by atoms with E-state index in [2.05, 4.69) is 30.3 Å². The molecule has 1 heterocycles. The van der Waals surface area contributed by atoms with Crippen LogP contribution in [0.25, 0.3) is 5.57 Å². The molecule has 0 radical (unpaired) electrons. The maximum absolute atomic E-state index is 13.4. The van der Waals surface area contributed by atoms with Crippen molar-refractivity contribution in [3.63, 3.8) is 0 Å². The van der Waals surface area contributed by atoms with Gasteiger partial charge >= 0.3 is 0 Å². The van der Waals surface area contributed by atoms with Crippen LogP contribution < -0.4 is 9.47 Å². The van der Waals surface area contributed by atoms with Crippen LogP contribution >= 0.6 is 0 Å². The summed E-state index contributed by atoms with van der Waals surface area (Å²) in [4.78, 5) is 0. The number of halogens is 1. The van der Waals surface area contributed by atoms with Crippen molar-refractivity contribution in [2.24, 2.45) is 0 Å². The minimum atomic E-state index is -0.456. The molecule has 0 unspecified atom stereocenters. The maximum Gasteiger partial charge on any atom is 0.132 e. The van der Waals surface area contributed by atoms with Crippen molar-refractivity contribution in [2.75, 3.05) is 6.61 Å². The molecule has 148 valence electrons. The molecule has 0 amide bonds. The Kier molecular flexibility index (Phi) is 5.39. The highest BCUT2D eigenvalue weighted by atomic mass is 19.1. The number of ether oxygens (including phenoxy) is 2. The van der Waals surface area contributed by atoms with Crippen molar-refractivity contribution in [1.29, 1.82) is 0 Å². The molecule has 3 heteroatoms. The van der Waals surface area contributed by atoms with E-state index in [1.165, 1.54) is 17.7 Å². The second-order valence-electron chi connectivity index (χ2n) is 7.87. The van der Waals surface area contributed by atoms with Gasteiger partial charge in [-0.2, -0.15) is 0 Å². The fourth-order valence-electron chi connectivity index (χ4n) is 3.62. The molecule has 0 bridgehead atoms. The van der Waals surface area contributed by atoms with E-state index in [1.807, 2.05) is 38.1 Å². The fraction of sp³-hybridized carbons (Fsp3) is 0.231. The van der Waals surface area contributed by atoms with Gasteiger partial charge in [0.05, 0.1) is 6.61 Å². The summed E-state index contributed by atoms with van der Waals surface area (Å²) in [6.07, 6.45) is 4.03. The topological polar surface area (TPSA) is 18.5 Å². The Morgan fingerprint density at radius 1 is 0.931 bits per heavy atom. The van der Waals surface area contributed by atoms with Gasteiger partial charge < -0.3 is 9.47 Å². The average molecular weight is 388 g/mol. The van der Waals surface area contributed by atoms with Crippen molar-refractivity contribution in [1.82, 2.24) is 0 Å². The molecular weight excluding hydrogens is 363 g/mol. The molecule has 2 nitrogen and oxygen atoms in total. The summed E-state index contributed by atoms with van der Waals surface area (Å²) in [5, 5.41) is 0. The molecule has 29 heavy (non-hydrogen) atoms. The zero-order valence-corrected chi connectivity index (χ0v) is 16.8. The second-order valence-corrected chi connectivity index (χ2v) is 7.87. The normalized spacial score (nSPS) is 14.5. The van der Waals surface area contributed by atoms with Crippen molar-refractivity contribution >= 4 is 5.57 Å². The van der Waals surface area contributed by atoms with Crippen molar-refractivity contribution in [3.8, 4) is 11.5 Å². The Hall–Kier alpha value is -3.07. The van der Waals surface area contributed by atoms with Crippen LogP contribution in [-0.4, -0.2) is 12.2 Å². The Morgan fingerprint density at radius 2 is 1.69 bits per heavy atom. The highest BCUT2D eigenvalue weighted by Gasteiger charge is 2.27. The van der Waals surface area contributed by atoms with Gasteiger partial charge in [0.1, 0.15) is 22.9 Å². The van der Waals surface area contributed by atoms with Gasteiger partial charge in [-0.05, 0) is 73.7 Å². The van der Waals surface area contributed by atoms with E-state index in [0.717, 1.165) is 41.0 Å². The van der Waals surface area contributed by atoms with E-state index in [4.69, 9.17) is 9.47 Å². The second kappa shape index (κ2) is 8.12. The lowest BCUT2D eigenvalue weighted by Crippen LogP contribution is -2.29. The minimum absolute atomic E-state index is 0.236. The van der Waals surface area contributed by atoms with E-state index in [-0.39, 0.29) is 5.82 Å². The van der Waals surface area contributed by atoms with Crippen LogP contribution in [0.4, 0.5) is 4.39 Å². The van der Waals surface area contributed by atoms with Gasteiger partial charge in [0, 0.05) is 11.6 Å². The first-order chi connectivity index (χ1) is 14.0. The first-order valence-electron chi connectivity index (χ1n) is 9.99. The fourth-order valence-corrected chi connectivity index (χ4v) is 3.62. The van der Waals surface area contributed by atoms with Crippen LogP contribution in [0, 0.1) is 5.82 Å². The van der Waals surface area contributed by atoms with E-state index >= 15 is 0 Å². The number of hydrogen-bond acceptors (Lipinski definition) is 2. The lowest BCUT2D eigenvalue weighted by atomic mass is 9.90. The molecule has 1 aliphatic heterocycles. The number of rotatable bonds is 6. The van der Waals surface area contributed by atoms with Crippen molar-refractivity contribution in [3.05, 3.63) is 101 Å². The molecule has 3 aromatic rings. The highest BCUT2D eigenvalue weighted by Crippen LogP contribution is 2.41. The number of benzene rings is 3. The van der Waals surface area contributed by atoms with Gasteiger partial charge in [-0.3, -0.25) is 0 Å². The third-order valence-corrected chi connectivity index (χ3v) is 4.98. The molecule has 0 spiro atoms. The Balaban J connectivity index is 1.49. The lowest BCUT2D eigenvalue weighted by Gasteiger charge is -2.31. The Morgan fingerprint density at radius 3 is 2.45 bits per heavy atom. The Bertz CT molecular complexity index is 1000. The molecule has 0 saturated heterocycles. The van der Waals surface area contributed by atoms with Crippen LogP contribution in [0.15, 0.2) is 78.9 Å². The summed E-state index contributed by atoms with van der Waals surface area (Å²) in [5.41, 5.74) is 3.88. The van der Waals surface area contributed by atoms with Gasteiger partial charge in [0.2, 0.25) is 0 Å². The van der Waals surface area contributed by atoms with Gasteiger partial charge in [-0.1, -0.05) is 42.5 Å². The van der Waals surface area contributed by atoms with Crippen LogP contribution in [0.1, 0.15) is 37.0 Å². The third kappa shape index (κ3) is 4.68. The SMILES string of the molecule is CC1(C)C=C(c2ccc(F)cc2)c2ccc(OCCCc3ccccc3)cc2O1. The highest BCUT2D eigenvalue weighted by molar-refractivity contribution is 5.85. The molecule has 0 fully saturated rings. The summed E-state index contributed by atoms with van der Waals surface area (Å²) >= 11 is 0. The predicted octanol–water partition coefficient (Wildman–Crippen LogP) is 6.44. The minimum Gasteiger partial charge on any atom is -0.493 e. The molecule has 0 aromatic heterocycles. The van der Waals surface area contributed by atoms with Crippen LogP contribution in [0.5, 0.6) is 11.5 Å². The van der Waals surface area contributed by atoms with E-state index in [0.29, 0.717) is 6.61 Å². The van der Waals surface area contributed by atoms with Crippen molar-refractivity contribution < 1.29 is 13.9 Å². The molecule has 0 atom stereocenters. The lowest BCUT2D eigenvalue weighted by molar-refractivity contribution is 0.157. The molecule has 0 N–H and O–H groups in total. The first kappa shape index (κ1) is 19.3. The maximum atomic E-state index is 13.4. The number of hydrogen-bond donors (Lipinski definition) is 0. The number of fused-ring (bicyclic) bond motifs is 1. The van der Waals surface area contributed by atoms with Gasteiger partial charge in [-0.25, -0.2) is 4.39 Å². The first-order valence-corrected chi connectivity index (χ1v) is 9.99. The van der Waals surface area contributed by atoms with E-state index in [1.54, 1.807) is 12.1 Å². The molecule has 1 aliphatic rings. The monoisotopic (exact) mass is 388 g/mol. The van der Waals surface area contributed by atoms with E-state index < -0.39 is 5.60 Å². The molecular formula is C26H25FO2. The molecule has 4 rings (SSSR count). The Labute approximate surface area is 171 Å². The zero-order valence-electron chi connectivity index (χ0n) is 16.8. The van der Waals surface area contributed by atoms with Crippen LogP contribution in [0.3, 0.4) is 0 Å². The summed E-state index contributed by atoms with van der Waals surface area (Å²) < 4.78 is 25.5. The van der Waals surface area contributed by atoms with E-state index in [9.17, 15) is 4.39 Å². The van der Waals surface area contributed by atoms with Crippen molar-refractivity contribution in [2.45, 2.75) is 32.3 Å². The number of aryl methyl sites for hydroxylation is 1. The average Bonchev–Trinajstić information content (AvgIpc) is 2.71. The summed E-state index contributed by atoms with van der Waals surface area (Å²) in [6.45, 7) is 4.69. The van der Waals surface area contributed by atoms with Gasteiger partial charge in [0.15, 0.2) is 0 Å². The van der Waals surface area contributed by atoms with Gasteiger partial charge in [-0.15, -0.1) is 0 Å². The van der Waals surface area contributed by atoms with Crippen LogP contribution in [-0.2, 0) is 6.42 Å². The molecule has 3 aromatic carbocycles. The summed E-state index contributed by atoms with van der Waals surface area (Å²) in [6, 6.07) is 23.0. The smallest absolute Gasteiger partial charge is 0.132 e. The third-order valence-electron chi connectivity index (χ3n) is 4.98. The standard InChI is InChI=1S/C26H25FO2/c1-26(2)18-24(20-10-12-21(27)13-11-20)23-15-14-22(17-25(23)29-26)28-16-6-9-19-7-4-3-5-8-19/h3-5,7-8,10-15,17-18H,6,9,16H2,1-2H3. The largest absolute Gasteiger partial charge is 0.493 e. The quantitative estimate of drug-likeness (QED) is 0.452. The van der Waals surface area contributed by atoms with Gasteiger partial charge in [0.25, 0.3) is 0 Å². The summed E-state index contributed by atoms with van der Waals surface area (Å²) in [7, 11) is 0.